The maximum atomic E-state index is 11.8. The van der Waals surface area contributed by atoms with Crippen molar-refractivity contribution in [1.29, 1.82) is 0 Å². The number of hydrogen-bond acceptors (Lipinski definition) is 7. The average Bonchev–Trinajstić information content (AvgIpc) is 2.84. The number of ketones is 1. The molecule has 0 saturated heterocycles. The maximum absolute atomic E-state index is 11.8. The summed E-state index contributed by atoms with van der Waals surface area (Å²) in [5.41, 5.74) is 0. The molecule has 0 N–H and O–H groups in total. The van der Waals surface area contributed by atoms with Gasteiger partial charge in [-0.05, 0) is 31.8 Å². The van der Waals surface area contributed by atoms with Gasteiger partial charge >= 0.3 is 17.9 Å². The fraction of sp³-hybridized carbons (Fsp3) is 0.714. The Hall–Kier alpha value is -2.44. The number of unbranched alkanes of at least 4 members (excludes halogenated alkanes) is 11. The number of hydrogen-bond donors (Lipinski definition) is 0. The second-order valence-electron chi connectivity index (χ2n) is 8.63. The van der Waals surface area contributed by atoms with Crippen LogP contribution < -0.4 is 0 Å². The highest BCUT2D eigenvalue weighted by molar-refractivity contribution is 5.95. The van der Waals surface area contributed by atoms with E-state index in [9.17, 15) is 19.2 Å². The van der Waals surface area contributed by atoms with Gasteiger partial charge in [0.15, 0.2) is 5.78 Å². The Bertz CT molecular complexity index is 583. The van der Waals surface area contributed by atoms with E-state index in [1.807, 2.05) is 13.8 Å². The molecule has 0 amide bonds. The predicted octanol–water partition coefficient (Wildman–Crippen LogP) is 6.19. The van der Waals surface area contributed by atoms with E-state index in [1.54, 1.807) is 0 Å². The molecule has 0 aromatic carbocycles. The molecule has 35 heavy (non-hydrogen) atoms. The zero-order valence-corrected chi connectivity index (χ0v) is 21.9. The van der Waals surface area contributed by atoms with Crippen LogP contribution in [0.25, 0.3) is 0 Å². The number of carbonyl (C=O) groups excluding carboxylic acids is 4. The van der Waals surface area contributed by atoms with Crippen molar-refractivity contribution >= 4 is 23.7 Å². The summed E-state index contributed by atoms with van der Waals surface area (Å²) in [6.07, 6.45) is 19.5. The summed E-state index contributed by atoms with van der Waals surface area (Å²) >= 11 is 0. The minimum atomic E-state index is -0.516. The van der Waals surface area contributed by atoms with Gasteiger partial charge in [0, 0.05) is 24.6 Å². The fourth-order valence-corrected chi connectivity index (χ4v) is 3.15. The molecule has 0 aromatic rings. The van der Waals surface area contributed by atoms with Gasteiger partial charge in [0.1, 0.15) is 0 Å². The van der Waals surface area contributed by atoms with Gasteiger partial charge in [-0.25, -0.2) is 14.4 Å². The molecule has 7 nitrogen and oxygen atoms in total. The molecule has 0 aliphatic carbocycles. The Morgan fingerprint density at radius 3 is 1.23 bits per heavy atom. The molecule has 0 radical (unpaired) electrons. The number of esters is 3. The summed E-state index contributed by atoms with van der Waals surface area (Å²) < 4.78 is 15.0. The zero-order valence-electron chi connectivity index (χ0n) is 21.9. The number of ether oxygens (including phenoxy) is 3. The van der Waals surface area contributed by atoms with Gasteiger partial charge < -0.3 is 14.2 Å². The van der Waals surface area contributed by atoms with Crippen molar-refractivity contribution in [3.63, 3.8) is 0 Å². The van der Waals surface area contributed by atoms with E-state index < -0.39 is 17.9 Å². The van der Waals surface area contributed by atoms with Crippen LogP contribution in [0.15, 0.2) is 24.3 Å². The lowest BCUT2D eigenvalue weighted by atomic mass is 10.0. The first-order valence-corrected chi connectivity index (χ1v) is 13.4. The van der Waals surface area contributed by atoms with Crippen LogP contribution in [0.3, 0.4) is 0 Å². The van der Waals surface area contributed by atoms with Gasteiger partial charge in [-0.15, -0.1) is 0 Å². The van der Waals surface area contributed by atoms with Crippen molar-refractivity contribution in [2.45, 2.75) is 110 Å². The second kappa shape index (κ2) is 24.7. The molecule has 0 atom stereocenters. The number of allylic oxidation sites excluding steroid dienone is 1. The van der Waals surface area contributed by atoms with Crippen LogP contribution in [0.1, 0.15) is 110 Å². The lowest BCUT2D eigenvalue weighted by Gasteiger charge is -2.04. The molecule has 0 rings (SSSR count). The number of rotatable bonds is 23. The van der Waals surface area contributed by atoms with Crippen LogP contribution in [0.2, 0.25) is 0 Å². The third-order valence-corrected chi connectivity index (χ3v) is 5.31. The van der Waals surface area contributed by atoms with Crippen LogP contribution in [-0.4, -0.2) is 43.5 Å². The minimum Gasteiger partial charge on any atom is -0.463 e. The van der Waals surface area contributed by atoms with Crippen molar-refractivity contribution in [1.82, 2.24) is 0 Å². The van der Waals surface area contributed by atoms with Gasteiger partial charge in [-0.1, -0.05) is 78.1 Å². The standard InChI is InChI=1S/C28H46O7/c1-3-5-22-33-26(30)19-18-25(29)17-15-13-11-9-7-8-10-12-14-16-24-35-28(32)21-20-27(31)34-23-6-4-2/h18-21H,3-17,22-24H2,1-2H3. The van der Waals surface area contributed by atoms with Gasteiger partial charge in [0.2, 0.25) is 0 Å². The lowest BCUT2D eigenvalue weighted by Crippen LogP contribution is -2.06. The third kappa shape index (κ3) is 24.5. The van der Waals surface area contributed by atoms with E-state index >= 15 is 0 Å². The first kappa shape index (κ1) is 32.6. The summed E-state index contributed by atoms with van der Waals surface area (Å²) in [4.78, 5) is 46.1. The summed E-state index contributed by atoms with van der Waals surface area (Å²) in [6.45, 7) is 5.17. The van der Waals surface area contributed by atoms with E-state index in [2.05, 4.69) is 0 Å². The quantitative estimate of drug-likeness (QED) is 0.0723. The molecule has 200 valence electrons. The van der Waals surface area contributed by atoms with Crippen LogP contribution in [-0.2, 0) is 33.4 Å². The Balaban J connectivity index is 3.46. The SMILES string of the molecule is CCCCOC(=O)C=CC(=O)CCCCCCCCCCCCOC(=O)C=CC(=O)OCCCC. The van der Waals surface area contributed by atoms with E-state index in [0.717, 1.165) is 82.8 Å². The van der Waals surface area contributed by atoms with Crippen molar-refractivity contribution < 1.29 is 33.4 Å². The van der Waals surface area contributed by atoms with Crippen LogP contribution >= 0.6 is 0 Å². The second-order valence-corrected chi connectivity index (χ2v) is 8.63. The molecule has 0 spiro atoms. The first-order chi connectivity index (χ1) is 17.0. The van der Waals surface area contributed by atoms with Crippen molar-refractivity contribution in [3.05, 3.63) is 24.3 Å². The lowest BCUT2D eigenvalue weighted by molar-refractivity contribution is -0.140. The Kier molecular flexibility index (Phi) is 23.0. The fourth-order valence-electron chi connectivity index (χ4n) is 3.15. The molecule has 7 heteroatoms. The molecule has 0 bridgehead atoms. The van der Waals surface area contributed by atoms with Gasteiger partial charge in [0.05, 0.1) is 19.8 Å². The molecular formula is C28H46O7. The van der Waals surface area contributed by atoms with E-state index in [0.29, 0.717) is 26.2 Å². The summed E-state index contributed by atoms with van der Waals surface area (Å²) in [7, 11) is 0. The molecule has 0 saturated carbocycles. The van der Waals surface area contributed by atoms with Gasteiger partial charge in [-0.2, -0.15) is 0 Å². The highest BCUT2D eigenvalue weighted by atomic mass is 16.5. The Morgan fingerprint density at radius 1 is 0.457 bits per heavy atom. The van der Waals surface area contributed by atoms with E-state index in [-0.39, 0.29) is 5.78 Å². The van der Waals surface area contributed by atoms with Gasteiger partial charge in [-0.3, -0.25) is 4.79 Å². The molecule has 0 unspecified atom stereocenters. The Morgan fingerprint density at radius 2 is 0.800 bits per heavy atom. The molecular weight excluding hydrogens is 448 g/mol. The summed E-state index contributed by atoms with van der Waals surface area (Å²) in [5.74, 6) is -1.50. The topological polar surface area (TPSA) is 96.0 Å². The molecule has 0 aliphatic rings. The highest BCUT2D eigenvalue weighted by Crippen LogP contribution is 2.11. The third-order valence-electron chi connectivity index (χ3n) is 5.31. The maximum Gasteiger partial charge on any atom is 0.331 e. The van der Waals surface area contributed by atoms with Gasteiger partial charge in [0.25, 0.3) is 0 Å². The molecule has 0 fully saturated rings. The van der Waals surface area contributed by atoms with Crippen molar-refractivity contribution in [2.75, 3.05) is 19.8 Å². The van der Waals surface area contributed by atoms with E-state index in [1.165, 1.54) is 31.4 Å². The van der Waals surface area contributed by atoms with Crippen molar-refractivity contribution in [2.24, 2.45) is 0 Å². The first-order valence-electron chi connectivity index (χ1n) is 13.4. The van der Waals surface area contributed by atoms with E-state index in [4.69, 9.17) is 14.2 Å². The molecule has 0 heterocycles. The normalized spacial score (nSPS) is 11.1. The molecule has 0 aliphatic heterocycles. The number of carbonyl (C=O) groups is 4. The predicted molar refractivity (Wildman–Crippen MR) is 137 cm³/mol. The average molecular weight is 495 g/mol. The van der Waals surface area contributed by atoms with Crippen LogP contribution in [0.5, 0.6) is 0 Å². The zero-order chi connectivity index (χ0) is 26.0. The molecule has 0 aromatic heterocycles. The summed E-state index contributed by atoms with van der Waals surface area (Å²) in [5, 5.41) is 0. The smallest absolute Gasteiger partial charge is 0.331 e. The highest BCUT2D eigenvalue weighted by Gasteiger charge is 2.02. The monoisotopic (exact) mass is 494 g/mol. The van der Waals surface area contributed by atoms with Crippen molar-refractivity contribution in [3.8, 4) is 0 Å². The van der Waals surface area contributed by atoms with Crippen LogP contribution in [0, 0.1) is 0 Å². The largest absolute Gasteiger partial charge is 0.463 e. The van der Waals surface area contributed by atoms with Crippen LogP contribution in [0.4, 0.5) is 0 Å². The minimum absolute atomic E-state index is 0.0240. The Labute approximate surface area is 211 Å². The summed E-state index contributed by atoms with van der Waals surface area (Å²) in [6, 6.07) is 0.